The molecule has 1 N–H and O–H groups in total. The van der Waals surface area contributed by atoms with Crippen molar-refractivity contribution >= 4 is 45.6 Å². The Morgan fingerprint density at radius 3 is 2.69 bits per heavy atom. The number of hydrogen-bond acceptors (Lipinski definition) is 8. The third kappa shape index (κ3) is 3.38. The van der Waals surface area contributed by atoms with E-state index in [1.807, 2.05) is 12.3 Å². The quantitative estimate of drug-likeness (QED) is 0.431. The summed E-state index contributed by atoms with van der Waals surface area (Å²) in [7, 11) is 1.39. The first-order valence-corrected chi connectivity index (χ1v) is 11.3. The normalized spacial score (nSPS) is 18.4. The van der Waals surface area contributed by atoms with Gasteiger partial charge in [-0.2, -0.15) is 8.75 Å². The predicted octanol–water partition coefficient (Wildman–Crippen LogP) is 4.61. The second kappa shape index (κ2) is 7.77. The highest BCUT2D eigenvalue weighted by atomic mass is 32.1. The molecule has 1 aliphatic rings. The van der Waals surface area contributed by atoms with Crippen LogP contribution in [-0.4, -0.2) is 26.9 Å². The highest BCUT2D eigenvalue weighted by Crippen LogP contribution is 2.46. The molecule has 0 saturated heterocycles. The molecule has 2 aromatic heterocycles. The van der Waals surface area contributed by atoms with E-state index < -0.39 is 17.6 Å². The number of cyclic esters (lactones) is 1. The van der Waals surface area contributed by atoms with Crippen molar-refractivity contribution in [1.29, 1.82) is 0 Å². The number of halogens is 1. The molecule has 0 bridgehead atoms. The molecule has 0 fully saturated rings. The van der Waals surface area contributed by atoms with Gasteiger partial charge in [0.1, 0.15) is 11.0 Å². The fourth-order valence-electron chi connectivity index (χ4n) is 3.81. The molecule has 1 unspecified atom stereocenters. The number of thiophene rings is 1. The molecule has 0 amide bonds. The summed E-state index contributed by atoms with van der Waals surface area (Å²) in [6.07, 6.45) is 0.1000. The standard InChI is InChI=1S/C23H17FN2O4S2/c1-12-7-20(31-11-12)23(28)15(8-13-3-6-19(29-2)16(24)9-13)21(22(27)30-23)14-4-5-17-18(10-14)26-32-25-17/h3-7,9-11,28H,8H2,1-2H3. The Bertz CT molecular complexity index is 1390. The minimum absolute atomic E-state index is 0.1000. The molecule has 6 nitrogen and oxygen atoms in total. The average molecular weight is 469 g/mol. The van der Waals surface area contributed by atoms with Crippen LogP contribution in [0.5, 0.6) is 5.75 Å². The number of carbonyl (C=O) groups excluding carboxylic acids is 1. The highest BCUT2D eigenvalue weighted by Gasteiger charge is 2.49. The topological polar surface area (TPSA) is 81.5 Å². The first kappa shape index (κ1) is 20.7. The van der Waals surface area contributed by atoms with Gasteiger partial charge in [0.15, 0.2) is 11.6 Å². The number of carbonyl (C=O) groups is 1. The number of hydrogen-bond donors (Lipinski definition) is 1. The molecule has 1 atom stereocenters. The van der Waals surface area contributed by atoms with Gasteiger partial charge in [-0.05, 0) is 59.3 Å². The lowest BCUT2D eigenvalue weighted by Crippen LogP contribution is -2.28. The maximum atomic E-state index is 14.4. The van der Waals surface area contributed by atoms with Gasteiger partial charge < -0.3 is 14.6 Å². The Hall–Kier alpha value is -3.14. The van der Waals surface area contributed by atoms with Crippen LogP contribution in [0.1, 0.15) is 21.6 Å². The first-order chi connectivity index (χ1) is 15.4. The molecule has 0 saturated carbocycles. The number of benzene rings is 2. The molecule has 1 aliphatic heterocycles. The van der Waals surface area contributed by atoms with E-state index in [-0.39, 0.29) is 17.7 Å². The van der Waals surface area contributed by atoms with Crippen LogP contribution >= 0.6 is 23.1 Å². The Labute approximate surface area is 190 Å². The van der Waals surface area contributed by atoms with Crippen molar-refractivity contribution in [3.63, 3.8) is 0 Å². The van der Waals surface area contributed by atoms with Crippen LogP contribution < -0.4 is 4.74 Å². The summed E-state index contributed by atoms with van der Waals surface area (Å²) in [5, 5.41) is 13.5. The van der Waals surface area contributed by atoms with Crippen molar-refractivity contribution in [2.24, 2.45) is 0 Å². The highest BCUT2D eigenvalue weighted by molar-refractivity contribution is 7.10. The molecule has 2 aromatic carbocycles. The molecule has 9 heteroatoms. The molecule has 3 heterocycles. The van der Waals surface area contributed by atoms with Gasteiger partial charge in [0.2, 0.25) is 0 Å². The summed E-state index contributed by atoms with van der Waals surface area (Å²) in [6.45, 7) is 1.90. The molecular weight excluding hydrogens is 451 g/mol. The van der Waals surface area contributed by atoms with E-state index in [2.05, 4.69) is 8.75 Å². The van der Waals surface area contributed by atoms with E-state index in [9.17, 15) is 14.3 Å². The smallest absolute Gasteiger partial charge is 0.342 e. The van der Waals surface area contributed by atoms with Crippen LogP contribution in [0.2, 0.25) is 0 Å². The van der Waals surface area contributed by atoms with Crippen molar-refractivity contribution in [2.45, 2.75) is 19.1 Å². The van der Waals surface area contributed by atoms with E-state index in [4.69, 9.17) is 9.47 Å². The zero-order chi connectivity index (χ0) is 22.5. The van der Waals surface area contributed by atoms with E-state index in [1.54, 1.807) is 30.3 Å². The van der Waals surface area contributed by atoms with Crippen LogP contribution in [0.15, 0.2) is 53.4 Å². The fraction of sp³-hybridized carbons (Fsp3) is 0.174. The summed E-state index contributed by atoms with van der Waals surface area (Å²) < 4.78 is 33.4. The van der Waals surface area contributed by atoms with Crippen molar-refractivity contribution in [3.05, 3.63) is 80.8 Å². The number of aryl methyl sites for hydroxylation is 1. The van der Waals surface area contributed by atoms with Gasteiger partial charge in [0, 0.05) is 12.0 Å². The van der Waals surface area contributed by atoms with Crippen molar-refractivity contribution < 1.29 is 23.8 Å². The van der Waals surface area contributed by atoms with Crippen LogP contribution in [-0.2, 0) is 21.7 Å². The largest absolute Gasteiger partial charge is 0.494 e. The number of rotatable bonds is 5. The average Bonchev–Trinajstić information content (AvgIpc) is 3.47. The van der Waals surface area contributed by atoms with Crippen molar-refractivity contribution in [2.75, 3.05) is 7.11 Å². The summed E-state index contributed by atoms with van der Waals surface area (Å²) in [6, 6.07) is 11.6. The predicted molar refractivity (Wildman–Crippen MR) is 120 cm³/mol. The van der Waals surface area contributed by atoms with E-state index in [1.165, 1.54) is 30.6 Å². The van der Waals surface area contributed by atoms with Gasteiger partial charge in [-0.15, -0.1) is 11.3 Å². The lowest BCUT2D eigenvalue weighted by atomic mass is 9.90. The van der Waals surface area contributed by atoms with E-state index in [0.29, 0.717) is 32.6 Å². The molecular formula is C23H17FN2O4S2. The number of aromatic nitrogens is 2. The maximum absolute atomic E-state index is 14.4. The van der Waals surface area contributed by atoms with Gasteiger partial charge in [-0.3, -0.25) is 0 Å². The van der Waals surface area contributed by atoms with Gasteiger partial charge >= 0.3 is 5.97 Å². The van der Waals surface area contributed by atoms with Gasteiger partial charge in [0.25, 0.3) is 5.79 Å². The van der Waals surface area contributed by atoms with Gasteiger partial charge in [-0.25, -0.2) is 9.18 Å². The Morgan fingerprint density at radius 1 is 1.16 bits per heavy atom. The summed E-state index contributed by atoms with van der Waals surface area (Å²) in [5.41, 5.74) is 4.01. The fourth-order valence-corrected chi connectivity index (χ4v) is 5.29. The minimum Gasteiger partial charge on any atom is -0.494 e. The Balaban J connectivity index is 1.69. The Kier molecular flexibility index (Phi) is 5.04. The number of fused-ring (bicyclic) bond motifs is 1. The van der Waals surface area contributed by atoms with E-state index >= 15 is 0 Å². The molecule has 0 aliphatic carbocycles. The molecule has 4 aromatic rings. The first-order valence-electron chi connectivity index (χ1n) is 9.69. The second-order valence-electron chi connectivity index (χ2n) is 7.49. The van der Waals surface area contributed by atoms with Crippen molar-refractivity contribution in [1.82, 2.24) is 8.75 Å². The maximum Gasteiger partial charge on any atom is 0.342 e. The second-order valence-corrected chi connectivity index (χ2v) is 8.93. The third-order valence-corrected chi connectivity index (χ3v) is 7.05. The SMILES string of the molecule is COc1ccc(CC2=C(c3ccc4nsnc4c3)C(=O)OC2(O)c2cc(C)cs2)cc1F. The molecule has 32 heavy (non-hydrogen) atoms. The third-order valence-electron chi connectivity index (χ3n) is 5.36. The molecule has 5 rings (SSSR count). The number of esters is 1. The summed E-state index contributed by atoms with van der Waals surface area (Å²) >= 11 is 2.38. The summed E-state index contributed by atoms with van der Waals surface area (Å²) in [5.74, 6) is -3.00. The van der Waals surface area contributed by atoms with Crippen LogP contribution in [0, 0.1) is 12.7 Å². The summed E-state index contributed by atoms with van der Waals surface area (Å²) in [4.78, 5) is 13.5. The zero-order valence-corrected chi connectivity index (χ0v) is 18.7. The molecule has 0 spiro atoms. The van der Waals surface area contributed by atoms with Crippen LogP contribution in [0.3, 0.4) is 0 Å². The zero-order valence-electron chi connectivity index (χ0n) is 17.1. The van der Waals surface area contributed by atoms with Crippen LogP contribution in [0.25, 0.3) is 16.6 Å². The number of aliphatic hydroxyl groups is 1. The Morgan fingerprint density at radius 2 is 1.97 bits per heavy atom. The lowest BCUT2D eigenvalue weighted by molar-refractivity contribution is -0.184. The number of nitrogens with zero attached hydrogens (tertiary/aromatic N) is 2. The van der Waals surface area contributed by atoms with Crippen LogP contribution in [0.4, 0.5) is 4.39 Å². The van der Waals surface area contributed by atoms with Gasteiger partial charge in [0.05, 0.1) is 29.3 Å². The lowest BCUT2D eigenvalue weighted by Gasteiger charge is -2.24. The van der Waals surface area contributed by atoms with Crippen molar-refractivity contribution in [3.8, 4) is 5.75 Å². The molecule has 0 radical (unpaired) electrons. The number of ether oxygens (including phenoxy) is 2. The van der Waals surface area contributed by atoms with E-state index in [0.717, 1.165) is 17.3 Å². The monoisotopic (exact) mass is 468 g/mol. The van der Waals surface area contributed by atoms with Gasteiger partial charge in [-0.1, -0.05) is 12.1 Å². The minimum atomic E-state index is -1.95. The number of methoxy groups -OCH3 is 1. The molecule has 162 valence electrons.